The summed E-state index contributed by atoms with van der Waals surface area (Å²) in [4.78, 5) is 21.7. The summed E-state index contributed by atoms with van der Waals surface area (Å²) in [5, 5.41) is 13.4. The summed E-state index contributed by atoms with van der Waals surface area (Å²) in [6.07, 6.45) is -5.07. The monoisotopic (exact) mass is 470 g/mol. The number of fused-ring (bicyclic) bond motifs is 1. The van der Waals surface area contributed by atoms with E-state index in [1.165, 1.54) is 18.2 Å². The highest BCUT2D eigenvalue weighted by Gasteiger charge is 2.47. The number of halogens is 3. The zero-order chi connectivity index (χ0) is 24.4. The van der Waals surface area contributed by atoms with Gasteiger partial charge in [-0.25, -0.2) is 9.78 Å². The lowest BCUT2D eigenvalue weighted by Crippen LogP contribution is -2.56. The molecule has 0 radical (unpaired) electrons. The van der Waals surface area contributed by atoms with E-state index < -0.39 is 36.1 Å². The molecule has 0 spiro atoms. The van der Waals surface area contributed by atoms with Crippen molar-refractivity contribution in [3.05, 3.63) is 30.0 Å². The van der Waals surface area contributed by atoms with Crippen molar-refractivity contribution < 1.29 is 32.5 Å². The Morgan fingerprint density at radius 3 is 2.67 bits per heavy atom. The SMILES string of the molecule is COc1ccc2nccc([C@@H](O)CN3CCC(NC(=O)OC(C)(C)C)CC3C(F)(F)F)c2n1. The number of alkyl carbamates (subject to hydrolysis) is 1. The van der Waals surface area contributed by atoms with Gasteiger partial charge in [-0.05, 0) is 45.7 Å². The molecule has 0 aromatic carbocycles. The van der Waals surface area contributed by atoms with Crippen LogP contribution in [-0.4, -0.2) is 70.1 Å². The Hall–Kier alpha value is -2.66. The van der Waals surface area contributed by atoms with Gasteiger partial charge in [-0.15, -0.1) is 0 Å². The fourth-order valence-corrected chi connectivity index (χ4v) is 3.91. The molecule has 2 N–H and O–H groups in total. The third-order valence-electron chi connectivity index (χ3n) is 5.38. The first-order chi connectivity index (χ1) is 15.4. The number of β-amino-alcohol motifs (C(OH)–C–C–N with tert-alkyl or cyclic N) is 1. The van der Waals surface area contributed by atoms with Gasteiger partial charge in [-0.2, -0.15) is 13.2 Å². The highest BCUT2D eigenvalue weighted by Crippen LogP contribution is 2.34. The number of likely N-dealkylation sites (tertiary alicyclic amines) is 1. The molecule has 182 valence electrons. The first-order valence-corrected chi connectivity index (χ1v) is 10.7. The van der Waals surface area contributed by atoms with Crippen LogP contribution < -0.4 is 10.1 Å². The highest BCUT2D eigenvalue weighted by molar-refractivity contribution is 5.78. The zero-order valence-electron chi connectivity index (χ0n) is 19.0. The number of nitrogens with zero attached hydrogens (tertiary/aromatic N) is 3. The van der Waals surface area contributed by atoms with Crippen molar-refractivity contribution in [1.82, 2.24) is 20.2 Å². The number of aliphatic hydroxyl groups is 1. The predicted molar refractivity (Wildman–Crippen MR) is 115 cm³/mol. The average molecular weight is 470 g/mol. The van der Waals surface area contributed by atoms with Gasteiger partial charge in [0, 0.05) is 37.0 Å². The lowest BCUT2D eigenvalue weighted by molar-refractivity contribution is -0.196. The number of hydrogen-bond donors (Lipinski definition) is 2. The Bertz CT molecular complexity index is 980. The maximum Gasteiger partial charge on any atom is 0.407 e. The van der Waals surface area contributed by atoms with Crippen LogP contribution in [-0.2, 0) is 4.74 Å². The quantitative estimate of drug-likeness (QED) is 0.689. The van der Waals surface area contributed by atoms with Crippen LogP contribution in [0.15, 0.2) is 24.4 Å². The van der Waals surface area contributed by atoms with E-state index in [0.717, 1.165) is 0 Å². The average Bonchev–Trinajstić information content (AvgIpc) is 2.71. The van der Waals surface area contributed by atoms with E-state index in [-0.39, 0.29) is 19.5 Å². The van der Waals surface area contributed by atoms with Crippen LogP contribution in [0.2, 0.25) is 0 Å². The number of ether oxygens (including phenoxy) is 2. The molecular formula is C22H29F3N4O4. The number of aliphatic hydroxyl groups excluding tert-OH is 1. The molecule has 1 aliphatic rings. The predicted octanol–water partition coefficient (Wildman–Crippen LogP) is 3.59. The molecule has 33 heavy (non-hydrogen) atoms. The maximum absolute atomic E-state index is 13.9. The molecule has 3 atom stereocenters. The molecule has 0 saturated carbocycles. The molecule has 8 nitrogen and oxygen atoms in total. The molecule has 2 unspecified atom stereocenters. The standard InChI is InChI=1S/C22H29F3N4O4/c1-21(2,3)33-20(31)27-13-8-10-29(17(11-13)22(23,24)25)12-16(30)14-7-9-26-15-5-6-18(32-4)28-19(14)15/h5-7,9,13,16-17,30H,8,10-12H2,1-4H3,(H,27,31)/t13?,16-,17?/m0/s1. The zero-order valence-corrected chi connectivity index (χ0v) is 19.0. The number of nitrogens with one attached hydrogen (secondary N) is 1. The van der Waals surface area contributed by atoms with E-state index in [1.54, 1.807) is 39.0 Å². The third kappa shape index (κ3) is 6.44. The second kappa shape index (κ2) is 9.68. The van der Waals surface area contributed by atoms with Crippen molar-refractivity contribution in [3.8, 4) is 5.88 Å². The topological polar surface area (TPSA) is 96.8 Å². The van der Waals surface area contributed by atoms with Gasteiger partial charge < -0.3 is 19.9 Å². The summed E-state index contributed by atoms with van der Waals surface area (Å²) in [6.45, 7) is 4.84. The van der Waals surface area contributed by atoms with Gasteiger partial charge in [0.1, 0.15) is 11.6 Å². The van der Waals surface area contributed by atoms with Gasteiger partial charge >= 0.3 is 12.3 Å². The van der Waals surface area contributed by atoms with Crippen LogP contribution in [0.5, 0.6) is 5.88 Å². The number of aromatic nitrogens is 2. The summed E-state index contributed by atoms with van der Waals surface area (Å²) in [6, 6.07) is 2.32. The minimum atomic E-state index is -4.53. The van der Waals surface area contributed by atoms with Crippen molar-refractivity contribution in [2.45, 2.75) is 63.6 Å². The molecule has 3 rings (SSSR count). The van der Waals surface area contributed by atoms with Crippen LogP contribution in [0.4, 0.5) is 18.0 Å². The van der Waals surface area contributed by atoms with Gasteiger partial charge in [0.15, 0.2) is 0 Å². The summed E-state index contributed by atoms with van der Waals surface area (Å²) < 4.78 is 51.9. The number of piperidine rings is 1. The number of rotatable bonds is 5. The van der Waals surface area contributed by atoms with E-state index >= 15 is 0 Å². The molecule has 1 saturated heterocycles. The van der Waals surface area contributed by atoms with E-state index in [9.17, 15) is 23.1 Å². The number of alkyl halides is 3. The smallest absolute Gasteiger partial charge is 0.407 e. The first kappa shape index (κ1) is 25.0. The first-order valence-electron chi connectivity index (χ1n) is 10.7. The van der Waals surface area contributed by atoms with Crippen LogP contribution in [0, 0.1) is 0 Å². The highest BCUT2D eigenvalue weighted by atomic mass is 19.4. The van der Waals surface area contributed by atoms with E-state index in [2.05, 4.69) is 15.3 Å². The molecule has 1 aliphatic heterocycles. The molecular weight excluding hydrogens is 441 g/mol. The Labute approximate surface area is 190 Å². The molecule has 3 heterocycles. The fourth-order valence-electron chi connectivity index (χ4n) is 3.91. The largest absolute Gasteiger partial charge is 0.481 e. The van der Waals surface area contributed by atoms with E-state index in [4.69, 9.17) is 9.47 Å². The Morgan fingerprint density at radius 1 is 1.30 bits per heavy atom. The maximum atomic E-state index is 13.9. The normalized spacial score (nSPS) is 21.0. The molecule has 0 aliphatic carbocycles. The van der Waals surface area contributed by atoms with Crippen LogP contribution in [0.25, 0.3) is 11.0 Å². The summed E-state index contributed by atoms with van der Waals surface area (Å²) in [5.41, 5.74) is 0.491. The lowest BCUT2D eigenvalue weighted by Gasteiger charge is -2.41. The molecule has 11 heteroatoms. The van der Waals surface area contributed by atoms with E-state index in [0.29, 0.717) is 28.9 Å². The number of carbonyl (C=O) groups is 1. The molecule has 0 bridgehead atoms. The third-order valence-corrected chi connectivity index (χ3v) is 5.38. The second-order valence-electron chi connectivity index (χ2n) is 9.06. The number of carbonyl (C=O) groups excluding carboxylic acids is 1. The molecule has 1 fully saturated rings. The van der Waals surface area contributed by atoms with Crippen molar-refractivity contribution >= 4 is 17.1 Å². The Kier molecular flexibility index (Phi) is 7.32. The minimum Gasteiger partial charge on any atom is -0.481 e. The molecule has 1 amide bonds. The fraction of sp³-hybridized carbons (Fsp3) is 0.591. The Balaban J connectivity index is 1.75. The Morgan fingerprint density at radius 2 is 2.03 bits per heavy atom. The van der Waals surface area contributed by atoms with Crippen molar-refractivity contribution in [2.75, 3.05) is 20.2 Å². The van der Waals surface area contributed by atoms with Crippen LogP contribution >= 0.6 is 0 Å². The van der Waals surface area contributed by atoms with Crippen LogP contribution in [0.1, 0.15) is 45.3 Å². The number of hydrogen-bond acceptors (Lipinski definition) is 7. The number of methoxy groups -OCH3 is 1. The minimum absolute atomic E-state index is 0.0431. The van der Waals surface area contributed by atoms with Crippen molar-refractivity contribution in [2.24, 2.45) is 0 Å². The summed E-state index contributed by atoms with van der Waals surface area (Å²) >= 11 is 0. The van der Waals surface area contributed by atoms with Gasteiger partial charge in [-0.1, -0.05) is 0 Å². The van der Waals surface area contributed by atoms with Gasteiger partial charge in [-0.3, -0.25) is 9.88 Å². The van der Waals surface area contributed by atoms with Gasteiger partial charge in [0.25, 0.3) is 0 Å². The van der Waals surface area contributed by atoms with Crippen molar-refractivity contribution in [1.29, 1.82) is 0 Å². The van der Waals surface area contributed by atoms with Crippen LogP contribution in [0.3, 0.4) is 0 Å². The van der Waals surface area contributed by atoms with Crippen molar-refractivity contribution in [3.63, 3.8) is 0 Å². The summed E-state index contributed by atoms with van der Waals surface area (Å²) in [5.74, 6) is 0.311. The van der Waals surface area contributed by atoms with Gasteiger partial charge in [0.05, 0.1) is 24.2 Å². The lowest BCUT2D eigenvalue weighted by atomic mass is 9.95. The molecule has 2 aromatic rings. The number of pyridine rings is 2. The summed E-state index contributed by atoms with van der Waals surface area (Å²) in [7, 11) is 1.45. The second-order valence-corrected chi connectivity index (χ2v) is 9.06. The van der Waals surface area contributed by atoms with Gasteiger partial charge in [0.2, 0.25) is 5.88 Å². The number of amides is 1. The van der Waals surface area contributed by atoms with E-state index in [1.807, 2.05) is 0 Å². The molecule has 2 aromatic heterocycles.